The van der Waals surface area contributed by atoms with Crippen LogP contribution in [-0.2, 0) is 32.2 Å². The van der Waals surface area contributed by atoms with Gasteiger partial charge in [0.05, 0.1) is 24.5 Å². The Morgan fingerprint density at radius 3 is 2.27 bits per heavy atom. The van der Waals surface area contributed by atoms with Gasteiger partial charge in [-0.25, -0.2) is 9.59 Å². The van der Waals surface area contributed by atoms with Crippen LogP contribution in [-0.4, -0.2) is 81.3 Å². The molecule has 0 bridgehead atoms. The van der Waals surface area contributed by atoms with Crippen LogP contribution < -0.4 is 0 Å². The zero-order valence-electron chi connectivity index (χ0n) is 21.4. The fourth-order valence-corrected chi connectivity index (χ4v) is 4.51. The number of nitrogens with zero attached hydrogens (tertiary/aromatic N) is 2. The molecule has 0 amide bonds. The summed E-state index contributed by atoms with van der Waals surface area (Å²) < 4.78 is 75.6. The van der Waals surface area contributed by atoms with E-state index in [0.717, 1.165) is 45.0 Å². The Labute approximate surface area is 229 Å². The van der Waals surface area contributed by atoms with Crippen LogP contribution in [0.5, 0.6) is 0 Å². The van der Waals surface area contributed by atoms with Crippen LogP contribution in [0.3, 0.4) is 0 Å². The van der Waals surface area contributed by atoms with E-state index in [-0.39, 0.29) is 5.60 Å². The minimum Gasteiger partial charge on any atom is -0.475 e. The van der Waals surface area contributed by atoms with Gasteiger partial charge < -0.3 is 24.7 Å². The number of H-pyrrole nitrogens is 1. The molecule has 224 valence electrons. The smallest absolute Gasteiger partial charge is 0.475 e. The van der Waals surface area contributed by atoms with E-state index in [1.54, 1.807) is 0 Å². The first-order valence-electron chi connectivity index (χ1n) is 12.2. The second-order valence-electron chi connectivity index (χ2n) is 9.34. The predicted octanol–water partition coefficient (Wildman–Crippen LogP) is 4.64. The molecule has 3 N–H and O–H groups in total. The van der Waals surface area contributed by atoms with Crippen molar-refractivity contribution < 1.29 is 55.6 Å². The van der Waals surface area contributed by atoms with Crippen LogP contribution in [0.15, 0.2) is 54.9 Å². The second-order valence-corrected chi connectivity index (χ2v) is 9.34. The molecule has 0 saturated carbocycles. The molecule has 1 unspecified atom stereocenters. The van der Waals surface area contributed by atoms with Crippen LogP contribution >= 0.6 is 0 Å². The van der Waals surface area contributed by atoms with Gasteiger partial charge in [0.25, 0.3) is 0 Å². The lowest BCUT2D eigenvalue weighted by atomic mass is 9.81. The molecular formula is C26H27F6N3O6. The first-order valence-corrected chi connectivity index (χ1v) is 12.2. The molecule has 1 atom stereocenters. The van der Waals surface area contributed by atoms with Crippen molar-refractivity contribution in [3.05, 3.63) is 66.1 Å². The molecule has 1 aromatic carbocycles. The number of carboxylic acids is 2. The number of pyridine rings is 1. The van der Waals surface area contributed by atoms with E-state index in [1.807, 2.05) is 30.6 Å². The predicted molar refractivity (Wildman–Crippen MR) is 132 cm³/mol. The fraction of sp³-hybridized carbons (Fsp3) is 0.423. The molecule has 15 heteroatoms. The molecule has 2 aromatic heterocycles. The molecule has 9 nitrogen and oxygen atoms in total. The molecule has 3 aromatic rings. The van der Waals surface area contributed by atoms with Crippen LogP contribution in [0.2, 0.25) is 0 Å². The first kappa shape index (κ1) is 31.8. The summed E-state index contributed by atoms with van der Waals surface area (Å²) in [6.07, 6.45) is -5.25. The van der Waals surface area contributed by atoms with Crippen LogP contribution in [0.4, 0.5) is 26.3 Å². The summed E-state index contributed by atoms with van der Waals surface area (Å²) in [6.45, 7) is 5.13. The van der Waals surface area contributed by atoms with E-state index in [1.165, 1.54) is 16.5 Å². The van der Waals surface area contributed by atoms with Gasteiger partial charge in [0.2, 0.25) is 0 Å². The lowest BCUT2D eigenvalue weighted by Crippen LogP contribution is -2.64. The monoisotopic (exact) mass is 591 g/mol. The van der Waals surface area contributed by atoms with Gasteiger partial charge in [-0.3, -0.25) is 9.88 Å². The number of hydrogen-bond donors (Lipinski definition) is 3. The van der Waals surface area contributed by atoms with Crippen molar-refractivity contribution in [3.63, 3.8) is 0 Å². The van der Waals surface area contributed by atoms with Crippen molar-refractivity contribution in [3.8, 4) is 0 Å². The molecule has 1 spiro atoms. The van der Waals surface area contributed by atoms with Crippen molar-refractivity contribution >= 4 is 22.8 Å². The number of aromatic nitrogens is 2. The third kappa shape index (κ3) is 8.90. The van der Waals surface area contributed by atoms with Gasteiger partial charge >= 0.3 is 24.3 Å². The summed E-state index contributed by atoms with van der Waals surface area (Å²) in [5.41, 5.74) is 3.56. The number of likely N-dealkylation sites (tertiary alicyclic amines) is 1. The summed E-state index contributed by atoms with van der Waals surface area (Å²) in [7, 11) is 0. The van der Waals surface area contributed by atoms with Crippen LogP contribution in [0.25, 0.3) is 10.9 Å². The summed E-state index contributed by atoms with van der Waals surface area (Å²) in [4.78, 5) is 27.9. The average molecular weight is 592 g/mol. The number of nitrogens with one attached hydrogen (secondary N) is 1. The molecule has 0 radical (unpaired) electrons. The minimum absolute atomic E-state index is 0.0177. The highest BCUT2D eigenvalue weighted by Gasteiger charge is 2.52. The van der Waals surface area contributed by atoms with E-state index in [9.17, 15) is 26.3 Å². The van der Waals surface area contributed by atoms with Gasteiger partial charge in [0.15, 0.2) is 0 Å². The number of carbonyl (C=O) groups is 2. The van der Waals surface area contributed by atoms with E-state index in [4.69, 9.17) is 29.3 Å². The highest BCUT2D eigenvalue weighted by molar-refractivity contribution is 5.82. The van der Waals surface area contributed by atoms with Crippen molar-refractivity contribution in [2.45, 2.75) is 37.5 Å². The number of alkyl halides is 6. The van der Waals surface area contributed by atoms with E-state index in [2.05, 4.69) is 39.1 Å². The molecule has 2 aliphatic heterocycles. The van der Waals surface area contributed by atoms with E-state index >= 15 is 0 Å². The first-order chi connectivity index (χ1) is 19.2. The number of rotatable bonds is 6. The highest BCUT2D eigenvalue weighted by Crippen LogP contribution is 2.41. The largest absolute Gasteiger partial charge is 0.490 e. The van der Waals surface area contributed by atoms with Gasteiger partial charge in [-0.05, 0) is 36.2 Å². The Kier molecular flexibility index (Phi) is 10.3. The lowest BCUT2D eigenvalue weighted by molar-refractivity contribution is -0.193. The van der Waals surface area contributed by atoms with E-state index in [0.29, 0.717) is 12.5 Å². The third-order valence-electron chi connectivity index (χ3n) is 6.44. The van der Waals surface area contributed by atoms with Gasteiger partial charge in [-0.2, -0.15) is 26.3 Å². The van der Waals surface area contributed by atoms with Gasteiger partial charge in [0, 0.05) is 55.5 Å². The molecule has 41 heavy (non-hydrogen) atoms. The van der Waals surface area contributed by atoms with Gasteiger partial charge in [-0.15, -0.1) is 0 Å². The summed E-state index contributed by atoms with van der Waals surface area (Å²) in [6, 6.07) is 14.6. The van der Waals surface area contributed by atoms with Crippen LogP contribution in [0.1, 0.15) is 17.7 Å². The number of aromatic amines is 1. The zero-order chi connectivity index (χ0) is 30.3. The normalized spacial score (nSPS) is 18.1. The maximum atomic E-state index is 10.6. The fourth-order valence-electron chi connectivity index (χ4n) is 4.51. The van der Waals surface area contributed by atoms with Crippen LogP contribution in [0, 0.1) is 5.92 Å². The van der Waals surface area contributed by atoms with Crippen molar-refractivity contribution in [2.75, 3.05) is 26.3 Å². The Bertz CT molecular complexity index is 1270. The van der Waals surface area contributed by atoms with Crippen molar-refractivity contribution in [1.29, 1.82) is 0 Å². The van der Waals surface area contributed by atoms with Crippen molar-refractivity contribution in [1.82, 2.24) is 14.9 Å². The Morgan fingerprint density at radius 1 is 1.02 bits per heavy atom. The Hall–Kier alpha value is -3.69. The number of hydrogen-bond acceptors (Lipinski definition) is 6. The maximum Gasteiger partial charge on any atom is 0.490 e. The lowest BCUT2D eigenvalue weighted by Gasteiger charge is -2.50. The maximum absolute atomic E-state index is 10.6. The molecular weight excluding hydrogens is 564 g/mol. The number of aliphatic carboxylic acids is 2. The Morgan fingerprint density at radius 2 is 1.68 bits per heavy atom. The number of benzene rings is 1. The van der Waals surface area contributed by atoms with Gasteiger partial charge in [-0.1, -0.05) is 18.2 Å². The number of ether oxygens (including phenoxy) is 2. The second kappa shape index (κ2) is 13.3. The molecule has 2 saturated heterocycles. The van der Waals surface area contributed by atoms with Crippen molar-refractivity contribution in [2.24, 2.45) is 5.92 Å². The van der Waals surface area contributed by atoms with E-state index < -0.39 is 24.3 Å². The quantitative estimate of drug-likeness (QED) is 0.355. The number of fused-ring (bicyclic) bond motifs is 1. The highest BCUT2D eigenvalue weighted by atomic mass is 19.4. The number of carboxylic acid groups (broad SMARTS) is 2. The third-order valence-corrected chi connectivity index (χ3v) is 6.44. The standard InChI is InChI=1S/C22H25N3O2.2C2HF3O2/c1-2-9-23-19(5-1)14-26-13-18-8-11-27-22(18)15-25(16-22)12-17-4-3-6-21-20(17)7-10-24-21;2*3-2(4,5)1(6)7/h1-7,9-10,18,24H,8,11-16H2;2*(H,6,7). The molecule has 2 aliphatic rings. The minimum atomic E-state index is -5.08. The molecule has 2 fully saturated rings. The molecule has 0 aliphatic carbocycles. The van der Waals surface area contributed by atoms with Gasteiger partial charge in [0.1, 0.15) is 0 Å². The summed E-state index contributed by atoms with van der Waals surface area (Å²) >= 11 is 0. The topological polar surface area (TPSA) is 125 Å². The summed E-state index contributed by atoms with van der Waals surface area (Å²) in [5.74, 6) is -5.04. The molecule has 4 heterocycles. The zero-order valence-corrected chi connectivity index (χ0v) is 21.4. The SMILES string of the molecule is O=C(O)C(F)(F)F.O=C(O)C(F)(F)F.c1ccc(COCC2CCOC23CN(Cc2cccc4[nH]ccc24)C3)nc1. The average Bonchev–Trinajstić information content (AvgIpc) is 3.52. The summed E-state index contributed by atoms with van der Waals surface area (Å²) in [5, 5.41) is 15.6. The molecule has 5 rings (SSSR count). The Balaban J connectivity index is 0.000000276. The number of halogens is 6.